The molecule has 0 atom stereocenters. The highest BCUT2D eigenvalue weighted by Crippen LogP contribution is 2.29. The number of carbonyl (C=O) groups is 1. The fourth-order valence-electron chi connectivity index (χ4n) is 2.31. The van der Waals surface area contributed by atoms with E-state index in [1.807, 2.05) is 30.3 Å². The summed E-state index contributed by atoms with van der Waals surface area (Å²) in [4.78, 5) is 16.1. The summed E-state index contributed by atoms with van der Waals surface area (Å²) in [5.74, 6) is 0.412. The number of pyridine rings is 1. The SMILES string of the molecule is O=C1Nc2ncccc2C1=CNc1ccccc1CCO. The first-order valence-electron chi connectivity index (χ1n) is 6.72. The van der Waals surface area contributed by atoms with Crippen molar-refractivity contribution in [1.29, 1.82) is 0 Å². The number of carbonyl (C=O) groups excluding carboxylic acids is 1. The first kappa shape index (κ1) is 13.3. The fourth-order valence-corrected chi connectivity index (χ4v) is 2.31. The quantitative estimate of drug-likeness (QED) is 0.750. The molecule has 21 heavy (non-hydrogen) atoms. The molecule has 0 radical (unpaired) electrons. The molecule has 1 aromatic heterocycles. The molecule has 1 aliphatic rings. The van der Waals surface area contributed by atoms with Gasteiger partial charge in [-0.05, 0) is 30.2 Å². The van der Waals surface area contributed by atoms with Gasteiger partial charge in [0.25, 0.3) is 5.91 Å². The zero-order valence-corrected chi connectivity index (χ0v) is 11.3. The van der Waals surface area contributed by atoms with Gasteiger partial charge in [-0.25, -0.2) is 4.98 Å². The minimum atomic E-state index is -0.171. The van der Waals surface area contributed by atoms with Crippen LogP contribution in [0.1, 0.15) is 11.1 Å². The molecule has 0 aliphatic carbocycles. The fraction of sp³-hybridized carbons (Fsp3) is 0.125. The van der Waals surface area contributed by atoms with Crippen LogP contribution in [-0.2, 0) is 11.2 Å². The number of nitrogens with zero attached hydrogens (tertiary/aromatic N) is 1. The van der Waals surface area contributed by atoms with Crippen molar-refractivity contribution in [2.24, 2.45) is 0 Å². The second-order valence-corrected chi connectivity index (χ2v) is 4.69. The Morgan fingerprint density at radius 3 is 2.95 bits per heavy atom. The van der Waals surface area contributed by atoms with E-state index in [0.29, 0.717) is 17.8 Å². The second kappa shape index (κ2) is 5.76. The summed E-state index contributed by atoms with van der Waals surface area (Å²) in [6.07, 6.45) is 3.89. The van der Waals surface area contributed by atoms with Gasteiger partial charge in [0.15, 0.2) is 0 Å². The van der Waals surface area contributed by atoms with E-state index in [-0.39, 0.29) is 12.5 Å². The van der Waals surface area contributed by atoms with Crippen LogP contribution >= 0.6 is 0 Å². The molecule has 0 saturated heterocycles. The molecule has 3 rings (SSSR count). The van der Waals surface area contributed by atoms with E-state index in [1.54, 1.807) is 18.5 Å². The van der Waals surface area contributed by atoms with Crippen LogP contribution in [0.3, 0.4) is 0 Å². The number of aromatic nitrogens is 1. The molecule has 5 nitrogen and oxygen atoms in total. The molecule has 1 aliphatic heterocycles. The van der Waals surface area contributed by atoms with Crippen molar-refractivity contribution < 1.29 is 9.90 Å². The number of rotatable bonds is 4. The lowest BCUT2D eigenvalue weighted by Gasteiger charge is -2.08. The largest absolute Gasteiger partial charge is 0.396 e. The number of hydrogen-bond donors (Lipinski definition) is 3. The van der Waals surface area contributed by atoms with Crippen molar-refractivity contribution in [3.05, 3.63) is 59.9 Å². The maximum absolute atomic E-state index is 12.0. The topological polar surface area (TPSA) is 74.2 Å². The molecule has 0 bridgehead atoms. The summed E-state index contributed by atoms with van der Waals surface area (Å²) in [5, 5.41) is 15.0. The summed E-state index contributed by atoms with van der Waals surface area (Å²) in [7, 11) is 0. The zero-order valence-electron chi connectivity index (χ0n) is 11.3. The van der Waals surface area contributed by atoms with Gasteiger partial charge in [0, 0.05) is 30.3 Å². The van der Waals surface area contributed by atoms with Gasteiger partial charge < -0.3 is 15.7 Å². The van der Waals surface area contributed by atoms with Gasteiger partial charge in [0.2, 0.25) is 0 Å². The van der Waals surface area contributed by atoms with E-state index in [2.05, 4.69) is 15.6 Å². The van der Waals surface area contributed by atoms with Crippen LogP contribution in [0.15, 0.2) is 48.8 Å². The highest BCUT2D eigenvalue weighted by atomic mass is 16.3. The molecule has 5 heteroatoms. The van der Waals surface area contributed by atoms with Crippen LogP contribution in [0.25, 0.3) is 5.57 Å². The summed E-state index contributed by atoms with van der Waals surface area (Å²) in [5.41, 5.74) is 3.22. The number of amides is 1. The Balaban J connectivity index is 1.89. The van der Waals surface area contributed by atoms with Crippen molar-refractivity contribution in [2.45, 2.75) is 6.42 Å². The van der Waals surface area contributed by atoms with E-state index >= 15 is 0 Å². The van der Waals surface area contributed by atoms with Gasteiger partial charge >= 0.3 is 0 Å². The minimum absolute atomic E-state index is 0.0858. The number of fused-ring (bicyclic) bond motifs is 1. The average Bonchev–Trinajstić information content (AvgIpc) is 2.82. The van der Waals surface area contributed by atoms with Crippen LogP contribution in [0.2, 0.25) is 0 Å². The van der Waals surface area contributed by atoms with Gasteiger partial charge in [-0.15, -0.1) is 0 Å². The molecule has 3 N–H and O–H groups in total. The van der Waals surface area contributed by atoms with Crippen molar-refractivity contribution >= 4 is 23.0 Å². The lowest BCUT2D eigenvalue weighted by atomic mass is 10.1. The molecule has 0 saturated carbocycles. The number of aliphatic hydroxyl groups is 1. The Bertz CT molecular complexity index is 710. The second-order valence-electron chi connectivity index (χ2n) is 4.69. The Labute approximate surface area is 122 Å². The summed E-state index contributed by atoms with van der Waals surface area (Å²) < 4.78 is 0. The van der Waals surface area contributed by atoms with Crippen LogP contribution in [-0.4, -0.2) is 22.6 Å². The molecule has 2 aromatic rings. The Hall–Kier alpha value is -2.66. The predicted octanol–water partition coefficient (Wildman–Crippen LogP) is 2.02. The smallest absolute Gasteiger partial charge is 0.259 e. The molecule has 1 aromatic carbocycles. The van der Waals surface area contributed by atoms with Crippen LogP contribution < -0.4 is 10.6 Å². The number of aliphatic hydroxyl groups excluding tert-OH is 1. The van der Waals surface area contributed by atoms with Crippen molar-refractivity contribution in [1.82, 2.24) is 4.98 Å². The maximum Gasteiger partial charge on any atom is 0.259 e. The van der Waals surface area contributed by atoms with Crippen molar-refractivity contribution in [2.75, 3.05) is 17.2 Å². The van der Waals surface area contributed by atoms with Crippen molar-refractivity contribution in [3.8, 4) is 0 Å². The number of anilines is 2. The average molecular weight is 281 g/mol. The number of nitrogens with one attached hydrogen (secondary N) is 2. The van der Waals surface area contributed by atoms with Gasteiger partial charge in [0.05, 0.1) is 5.57 Å². The molecule has 0 spiro atoms. The number of benzene rings is 1. The van der Waals surface area contributed by atoms with Gasteiger partial charge in [-0.2, -0.15) is 0 Å². The molecule has 1 amide bonds. The third-order valence-electron chi connectivity index (χ3n) is 3.34. The van der Waals surface area contributed by atoms with E-state index in [4.69, 9.17) is 5.11 Å². The van der Waals surface area contributed by atoms with Gasteiger partial charge in [-0.1, -0.05) is 18.2 Å². The third-order valence-corrected chi connectivity index (χ3v) is 3.34. The van der Waals surface area contributed by atoms with Gasteiger partial charge in [0.1, 0.15) is 5.82 Å². The monoisotopic (exact) mass is 281 g/mol. The maximum atomic E-state index is 12.0. The molecular formula is C16H15N3O2. The minimum Gasteiger partial charge on any atom is -0.396 e. The van der Waals surface area contributed by atoms with Crippen LogP contribution in [0.4, 0.5) is 11.5 Å². The molecular weight excluding hydrogens is 266 g/mol. The van der Waals surface area contributed by atoms with Gasteiger partial charge in [-0.3, -0.25) is 4.79 Å². The van der Waals surface area contributed by atoms with Crippen LogP contribution in [0.5, 0.6) is 0 Å². The van der Waals surface area contributed by atoms with E-state index in [1.165, 1.54) is 0 Å². The van der Waals surface area contributed by atoms with E-state index < -0.39 is 0 Å². The third kappa shape index (κ3) is 2.64. The summed E-state index contributed by atoms with van der Waals surface area (Å²) >= 11 is 0. The van der Waals surface area contributed by atoms with Crippen molar-refractivity contribution in [3.63, 3.8) is 0 Å². The Morgan fingerprint density at radius 1 is 1.24 bits per heavy atom. The Kier molecular flexibility index (Phi) is 3.66. The molecule has 0 fully saturated rings. The lowest BCUT2D eigenvalue weighted by molar-refractivity contribution is -0.110. The molecule has 2 heterocycles. The standard InChI is InChI=1S/C16H15N3O2/c20-9-7-11-4-1-2-6-14(11)18-10-13-12-5-3-8-17-15(12)19-16(13)21/h1-6,8,10,18,20H,7,9H2,(H,17,19,21). The highest BCUT2D eigenvalue weighted by molar-refractivity contribution is 6.31. The lowest BCUT2D eigenvalue weighted by Crippen LogP contribution is -2.06. The normalized spacial score (nSPS) is 14.9. The summed E-state index contributed by atoms with van der Waals surface area (Å²) in [6.45, 7) is 0.0858. The van der Waals surface area contributed by atoms with E-state index in [0.717, 1.165) is 16.8 Å². The predicted molar refractivity (Wildman–Crippen MR) is 81.7 cm³/mol. The first-order chi connectivity index (χ1) is 10.3. The zero-order chi connectivity index (χ0) is 14.7. The number of para-hydroxylation sites is 1. The highest BCUT2D eigenvalue weighted by Gasteiger charge is 2.24. The molecule has 106 valence electrons. The number of hydrogen-bond acceptors (Lipinski definition) is 4. The van der Waals surface area contributed by atoms with Crippen LogP contribution in [0, 0.1) is 0 Å². The molecule has 0 unspecified atom stereocenters. The van der Waals surface area contributed by atoms with E-state index in [9.17, 15) is 4.79 Å². The summed E-state index contributed by atoms with van der Waals surface area (Å²) in [6, 6.07) is 11.3. The Morgan fingerprint density at radius 2 is 2.10 bits per heavy atom. The first-order valence-corrected chi connectivity index (χ1v) is 6.72.